The van der Waals surface area contributed by atoms with E-state index in [1.165, 1.54) is 11.6 Å². The van der Waals surface area contributed by atoms with Crippen LogP contribution in [0.4, 0.5) is 0 Å². The highest BCUT2D eigenvalue weighted by Crippen LogP contribution is 2.34. The molecule has 0 aliphatic carbocycles. The molecule has 156 valence electrons. The van der Waals surface area contributed by atoms with E-state index in [2.05, 4.69) is 11.1 Å². The summed E-state index contributed by atoms with van der Waals surface area (Å²) in [5, 5.41) is 12.5. The number of carbonyl (C=O) groups is 1. The molecule has 0 saturated carbocycles. The number of amides is 1. The summed E-state index contributed by atoms with van der Waals surface area (Å²) in [6, 6.07) is 13.1. The van der Waals surface area contributed by atoms with Gasteiger partial charge in [0.2, 0.25) is 5.43 Å². The first-order chi connectivity index (χ1) is 15.1. The highest BCUT2D eigenvalue weighted by molar-refractivity contribution is 5.96. The maximum absolute atomic E-state index is 13.2. The van der Waals surface area contributed by atoms with E-state index in [0.29, 0.717) is 13.2 Å². The fourth-order valence-electron chi connectivity index (χ4n) is 4.35. The third-order valence-corrected chi connectivity index (χ3v) is 5.86. The Labute approximate surface area is 179 Å². The van der Waals surface area contributed by atoms with Crippen LogP contribution in [0.5, 0.6) is 5.75 Å². The van der Waals surface area contributed by atoms with E-state index in [4.69, 9.17) is 0 Å². The molecule has 3 aromatic rings. The van der Waals surface area contributed by atoms with E-state index in [9.17, 15) is 14.7 Å². The molecular formula is C24H22N4O3. The molecule has 31 heavy (non-hydrogen) atoms. The molecule has 4 heterocycles. The van der Waals surface area contributed by atoms with Crippen molar-refractivity contribution in [2.75, 3.05) is 18.2 Å². The molecule has 1 atom stereocenters. The number of nitrogens with zero attached hydrogens (tertiary/aromatic N) is 4. The van der Waals surface area contributed by atoms with Crippen molar-refractivity contribution in [1.82, 2.24) is 14.6 Å². The molecular weight excluding hydrogens is 392 g/mol. The number of aromatic hydroxyl groups is 1. The number of aromatic nitrogens is 2. The van der Waals surface area contributed by atoms with Gasteiger partial charge < -0.3 is 10.0 Å². The van der Waals surface area contributed by atoms with Gasteiger partial charge in [-0.3, -0.25) is 24.3 Å². The Morgan fingerprint density at radius 3 is 2.71 bits per heavy atom. The first-order valence-corrected chi connectivity index (χ1v) is 10.3. The summed E-state index contributed by atoms with van der Waals surface area (Å²) in [6.45, 7) is 0.695. The number of fused-ring (bicyclic) bond motifs is 5. The van der Waals surface area contributed by atoms with Crippen LogP contribution in [0.1, 0.15) is 39.6 Å². The van der Waals surface area contributed by atoms with Gasteiger partial charge in [0.25, 0.3) is 5.91 Å². The van der Waals surface area contributed by atoms with Crippen molar-refractivity contribution in [2.24, 2.45) is 0 Å². The molecule has 2 aromatic heterocycles. The van der Waals surface area contributed by atoms with Crippen LogP contribution in [0, 0.1) is 0 Å². The number of carbonyl (C=O) groups excluding carboxylic acids is 1. The van der Waals surface area contributed by atoms with Crippen LogP contribution in [-0.4, -0.2) is 38.8 Å². The molecule has 2 bridgehead atoms. The lowest BCUT2D eigenvalue weighted by molar-refractivity contribution is 0.0701. The van der Waals surface area contributed by atoms with Crippen molar-refractivity contribution < 1.29 is 9.90 Å². The van der Waals surface area contributed by atoms with Crippen LogP contribution >= 0.6 is 0 Å². The standard InChI is InChI=1S/C24H22N4O3/c29-20-11-14-27-22(23(20)30)24(31)26-13-6-2-5-7-17-10-12-25-15-19(17)21(28(27)16-26)18-8-3-1-4-9-18/h1-4,6,8-12,14-15,21,30H,5,7,13,16H2/b6-2-/t21-/m0/s1. The molecule has 5 rings (SSSR count). The minimum absolute atomic E-state index is 0.0160. The second-order valence-electron chi connectivity index (χ2n) is 7.73. The molecule has 0 saturated heterocycles. The van der Waals surface area contributed by atoms with Crippen LogP contribution < -0.4 is 10.4 Å². The predicted molar refractivity (Wildman–Crippen MR) is 116 cm³/mol. The van der Waals surface area contributed by atoms with Gasteiger partial charge in [0.1, 0.15) is 6.67 Å². The SMILES string of the molecule is O=C1c2c(O)c(=O)ccn2N2CN1C/C=C\CCc1ccncc1[C@@H]2c1ccccc1. The molecule has 1 aromatic carbocycles. The van der Waals surface area contributed by atoms with Crippen molar-refractivity contribution in [3.8, 4) is 5.75 Å². The highest BCUT2D eigenvalue weighted by Gasteiger charge is 2.36. The van der Waals surface area contributed by atoms with E-state index in [-0.39, 0.29) is 17.6 Å². The van der Waals surface area contributed by atoms with Crippen molar-refractivity contribution in [1.29, 1.82) is 0 Å². The molecule has 0 fully saturated rings. The Bertz CT molecular complexity index is 1220. The summed E-state index contributed by atoms with van der Waals surface area (Å²) >= 11 is 0. The van der Waals surface area contributed by atoms with Crippen molar-refractivity contribution >= 4 is 5.91 Å². The van der Waals surface area contributed by atoms with Gasteiger partial charge in [-0.15, -0.1) is 0 Å². The zero-order chi connectivity index (χ0) is 21.4. The van der Waals surface area contributed by atoms with E-state index in [1.807, 2.05) is 53.7 Å². The number of pyridine rings is 2. The molecule has 1 amide bonds. The van der Waals surface area contributed by atoms with Gasteiger partial charge in [0, 0.05) is 36.8 Å². The summed E-state index contributed by atoms with van der Waals surface area (Å²) in [5.41, 5.74) is 2.65. The minimum Gasteiger partial charge on any atom is -0.502 e. The zero-order valence-corrected chi connectivity index (χ0v) is 16.9. The number of hydrogen-bond acceptors (Lipinski definition) is 5. The Balaban J connectivity index is 1.80. The fourth-order valence-corrected chi connectivity index (χ4v) is 4.35. The van der Waals surface area contributed by atoms with Gasteiger partial charge in [-0.1, -0.05) is 42.5 Å². The second kappa shape index (κ2) is 7.75. The van der Waals surface area contributed by atoms with Crippen LogP contribution in [-0.2, 0) is 6.42 Å². The van der Waals surface area contributed by atoms with Gasteiger partial charge in [-0.2, -0.15) is 0 Å². The van der Waals surface area contributed by atoms with Gasteiger partial charge in [-0.05, 0) is 30.0 Å². The van der Waals surface area contributed by atoms with Gasteiger partial charge in [-0.25, -0.2) is 0 Å². The van der Waals surface area contributed by atoms with Gasteiger partial charge in [0.05, 0.1) is 6.04 Å². The molecule has 0 unspecified atom stereocenters. The van der Waals surface area contributed by atoms with Crippen LogP contribution in [0.3, 0.4) is 0 Å². The first-order valence-electron chi connectivity index (χ1n) is 10.3. The second-order valence-corrected chi connectivity index (χ2v) is 7.73. The van der Waals surface area contributed by atoms with E-state index >= 15 is 0 Å². The lowest BCUT2D eigenvalue weighted by Gasteiger charge is -2.44. The number of allylic oxidation sites excluding steroid dienone is 1. The molecule has 1 N–H and O–H groups in total. The summed E-state index contributed by atoms with van der Waals surface area (Å²) < 4.78 is 1.62. The molecule has 2 aliphatic rings. The summed E-state index contributed by atoms with van der Waals surface area (Å²) in [5.74, 6) is -0.896. The van der Waals surface area contributed by atoms with Crippen LogP contribution in [0.25, 0.3) is 0 Å². The topological polar surface area (TPSA) is 78.7 Å². The van der Waals surface area contributed by atoms with E-state index < -0.39 is 11.2 Å². The molecule has 0 radical (unpaired) electrons. The molecule has 0 spiro atoms. The Morgan fingerprint density at radius 1 is 1.03 bits per heavy atom. The third kappa shape index (κ3) is 3.28. The highest BCUT2D eigenvalue weighted by atomic mass is 16.3. The smallest absolute Gasteiger partial charge is 0.278 e. The van der Waals surface area contributed by atoms with E-state index in [1.54, 1.807) is 22.0 Å². The minimum atomic E-state index is -0.570. The zero-order valence-electron chi connectivity index (χ0n) is 16.9. The van der Waals surface area contributed by atoms with Crippen molar-refractivity contribution in [2.45, 2.75) is 18.9 Å². The summed E-state index contributed by atoms with van der Waals surface area (Å²) in [6.07, 6.45) is 11.0. The predicted octanol–water partition coefficient (Wildman–Crippen LogP) is 2.59. The van der Waals surface area contributed by atoms with Gasteiger partial charge in [0.15, 0.2) is 11.4 Å². The van der Waals surface area contributed by atoms with Crippen LogP contribution in [0.2, 0.25) is 0 Å². The quantitative estimate of drug-likeness (QED) is 0.620. The maximum Gasteiger partial charge on any atom is 0.278 e. The van der Waals surface area contributed by atoms with E-state index in [0.717, 1.165) is 24.0 Å². The van der Waals surface area contributed by atoms with Crippen LogP contribution in [0.15, 0.2) is 78.0 Å². The largest absolute Gasteiger partial charge is 0.502 e. The number of hydrogen-bond donors (Lipinski definition) is 1. The summed E-state index contributed by atoms with van der Waals surface area (Å²) in [7, 11) is 0. The average molecular weight is 414 g/mol. The lowest BCUT2D eigenvalue weighted by Crippen LogP contribution is -2.55. The number of rotatable bonds is 1. The molecule has 7 heteroatoms. The monoisotopic (exact) mass is 414 g/mol. The number of benzene rings is 1. The Hall–Kier alpha value is -3.87. The average Bonchev–Trinajstić information content (AvgIpc) is 2.82. The number of aryl methyl sites for hydroxylation is 1. The first kappa shape index (κ1) is 19.1. The maximum atomic E-state index is 13.2. The van der Waals surface area contributed by atoms with Crippen molar-refractivity contribution in [3.63, 3.8) is 0 Å². The fraction of sp³-hybridized carbons (Fsp3) is 0.208. The lowest BCUT2D eigenvalue weighted by atomic mass is 9.93. The molecule has 2 aliphatic heterocycles. The van der Waals surface area contributed by atoms with Gasteiger partial charge >= 0.3 is 0 Å². The summed E-state index contributed by atoms with van der Waals surface area (Å²) in [4.78, 5) is 31.4. The molecule has 7 nitrogen and oxygen atoms in total. The Morgan fingerprint density at radius 2 is 1.87 bits per heavy atom. The van der Waals surface area contributed by atoms with Crippen molar-refractivity contribution in [3.05, 3.63) is 106 Å². The Kier molecular flexibility index (Phi) is 4.78. The third-order valence-electron chi connectivity index (χ3n) is 5.86. The normalized spacial score (nSPS) is 19.2.